The first-order chi connectivity index (χ1) is 13.1. The summed E-state index contributed by atoms with van der Waals surface area (Å²) in [5.74, 6) is -0.719. The van der Waals surface area contributed by atoms with Crippen LogP contribution in [0.25, 0.3) is 16.9 Å². The van der Waals surface area contributed by atoms with Gasteiger partial charge in [0.15, 0.2) is 9.90 Å². The second-order valence-corrected chi connectivity index (χ2v) is 6.89. The number of anilines is 1. The molecule has 0 fully saturated rings. The number of carbonyl (C=O) groups excluding carboxylic acids is 1. The van der Waals surface area contributed by atoms with Crippen molar-refractivity contribution in [2.24, 2.45) is 0 Å². The summed E-state index contributed by atoms with van der Waals surface area (Å²) < 4.78 is 15.1. The highest BCUT2D eigenvalue weighted by Crippen LogP contribution is 2.25. The molecule has 1 amide bonds. The molecule has 4 rings (SSSR count). The molecule has 2 heterocycles. The summed E-state index contributed by atoms with van der Waals surface area (Å²) in [4.78, 5) is 20.0. The summed E-state index contributed by atoms with van der Waals surface area (Å²) in [5.41, 5.74) is 2.67. The molecule has 0 atom stereocenters. The lowest BCUT2D eigenvalue weighted by molar-refractivity contribution is 0.102. The minimum atomic E-state index is -0.361. The van der Waals surface area contributed by atoms with Crippen LogP contribution in [0.4, 0.5) is 9.52 Å². The maximum absolute atomic E-state index is 13.2. The Morgan fingerprint density at radius 3 is 2.63 bits per heavy atom. The number of carbonyl (C=O) groups is 1. The number of H-pyrrole nitrogens is 1. The van der Waals surface area contributed by atoms with Crippen LogP contribution in [0, 0.1) is 10.6 Å². The molecule has 2 aromatic carbocycles. The van der Waals surface area contributed by atoms with Crippen LogP contribution in [0.1, 0.15) is 10.5 Å². The Kier molecular flexibility index (Phi) is 4.66. The second kappa shape index (κ2) is 7.26. The summed E-state index contributed by atoms with van der Waals surface area (Å²) in [6.07, 6.45) is 1.52. The summed E-state index contributed by atoms with van der Waals surface area (Å²) in [6, 6.07) is 15.5. The topological polar surface area (TPSA) is 62.7 Å². The van der Waals surface area contributed by atoms with E-state index in [4.69, 9.17) is 12.2 Å². The largest absolute Gasteiger partial charge is 0.336 e. The van der Waals surface area contributed by atoms with E-state index in [1.165, 1.54) is 29.7 Å². The van der Waals surface area contributed by atoms with E-state index in [2.05, 4.69) is 15.3 Å². The van der Waals surface area contributed by atoms with Crippen LogP contribution in [0.3, 0.4) is 0 Å². The lowest BCUT2D eigenvalue weighted by atomic mass is 10.2. The molecule has 0 spiro atoms. The Hall–Kier alpha value is -3.10. The van der Waals surface area contributed by atoms with E-state index in [-0.39, 0.29) is 11.7 Å². The van der Waals surface area contributed by atoms with Gasteiger partial charge in [0.1, 0.15) is 11.5 Å². The van der Waals surface area contributed by atoms with E-state index in [9.17, 15) is 9.18 Å². The zero-order valence-corrected chi connectivity index (χ0v) is 15.5. The highest BCUT2D eigenvalue weighted by Gasteiger charge is 2.16. The molecule has 4 aromatic rings. The van der Waals surface area contributed by atoms with Gasteiger partial charge in [0, 0.05) is 22.8 Å². The van der Waals surface area contributed by atoms with Crippen molar-refractivity contribution >= 4 is 34.6 Å². The Labute approximate surface area is 163 Å². The minimum Gasteiger partial charge on any atom is -0.336 e. The van der Waals surface area contributed by atoms with Gasteiger partial charge in [0.2, 0.25) is 0 Å². The van der Waals surface area contributed by atoms with Crippen LogP contribution < -0.4 is 5.32 Å². The molecule has 0 radical (unpaired) electrons. The molecule has 0 aliphatic rings. The van der Waals surface area contributed by atoms with E-state index in [0.29, 0.717) is 21.3 Å². The van der Waals surface area contributed by atoms with Gasteiger partial charge in [-0.2, -0.15) is 0 Å². The molecule has 0 saturated heterocycles. The van der Waals surface area contributed by atoms with E-state index >= 15 is 0 Å². The number of halogens is 1. The van der Waals surface area contributed by atoms with Crippen LogP contribution >= 0.6 is 23.6 Å². The van der Waals surface area contributed by atoms with Crippen molar-refractivity contribution in [3.05, 3.63) is 82.5 Å². The molecular weight excluding hydrogens is 383 g/mol. The van der Waals surface area contributed by atoms with E-state index < -0.39 is 0 Å². The van der Waals surface area contributed by atoms with Crippen LogP contribution in [0.5, 0.6) is 0 Å². The van der Waals surface area contributed by atoms with Crippen LogP contribution in [0.15, 0.2) is 66.2 Å². The standard InChI is InChI=1S/C19H13FN4OS2/c20-13-6-8-14(9-7-13)24-16(10-21-19(24)26)17(25)23-18-22-15(11-27-18)12-4-2-1-3-5-12/h1-11H,(H,21,26)(H,22,23,25). The number of aromatic nitrogens is 3. The molecule has 0 aliphatic heterocycles. The predicted molar refractivity (Wildman–Crippen MR) is 106 cm³/mol. The second-order valence-electron chi connectivity index (χ2n) is 5.65. The third kappa shape index (κ3) is 3.57. The fourth-order valence-corrected chi connectivity index (χ4v) is 3.59. The molecule has 0 saturated carbocycles. The first kappa shape index (κ1) is 17.3. The zero-order valence-electron chi connectivity index (χ0n) is 13.8. The minimum absolute atomic E-state index is 0.308. The van der Waals surface area contributed by atoms with Crippen LogP contribution in [0.2, 0.25) is 0 Å². The van der Waals surface area contributed by atoms with Gasteiger partial charge in [-0.25, -0.2) is 9.37 Å². The Morgan fingerprint density at radius 1 is 1.15 bits per heavy atom. The van der Waals surface area contributed by atoms with Crippen molar-refractivity contribution in [2.45, 2.75) is 0 Å². The van der Waals surface area contributed by atoms with Gasteiger partial charge in [0.25, 0.3) is 5.91 Å². The molecule has 2 N–H and O–H groups in total. The third-order valence-electron chi connectivity index (χ3n) is 3.89. The SMILES string of the molecule is O=C(Nc1nc(-c2ccccc2)cs1)c1c[nH]c(=S)n1-c1ccc(F)cc1. The maximum Gasteiger partial charge on any atom is 0.276 e. The zero-order chi connectivity index (χ0) is 18.8. The molecule has 5 nitrogen and oxygen atoms in total. The van der Waals surface area contributed by atoms with Crippen molar-refractivity contribution < 1.29 is 9.18 Å². The predicted octanol–water partition coefficient (Wildman–Crippen LogP) is 5.05. The summed E-state index contributed by atoms with van der Waals surface area (Å²) in [6.45, 7) is 0. The molecule has 0 unspecified atom stereocenters. The number of amides is 1. The Balaban J connectivity index is 1.61. The smallest absolute Gasteiger partial charge is 0.276 e. The number of thiazole rings is 1. The van der Waals surface area contributed by atoms with Gasteiger partial charge in [0.05, 0.1) is 5.69 Å². The number of rotatable bonds is 4. The molecular formula is C19H13FN4OS2. The average Bonchev–Trinajstić information content (AvgIpc) is 3.30. The lowest BCUT2D eigenvalue weighted by Crippen LogP contribution is -2.16. The van der Waals surface area contributed by atoms with Gasteiger partial charge < -0.3 is 4.98 Å². The Morgan fingerprint density at radius 2 is 1.89 bits per heavy atom. The molecule has 8 heteroatoms. The van der Waals surface area contributed by atoms with Crippen molar-refractivity contribution in [1.82, 2.24) is 14.5 Å². The van der Waals surface area contributed by atoms with Crippen molar-refractivity contribution in [3.63, 3.8) is 0 Å². The molecule has 27 heavy (non-hydrogen) atoms. The monoisotopic (exact) mass is 396 g/mol. The number of nitrogens with zero attached hydrogens (tertiary/aromatic N) is 2. The van der Waals surface area contributed by atoms with Gasteiger partial charge in [-0.1, -0.05) is 30.3 Å². The fraction of sp³-hybridized carbons (Fsp3) is 0. The van der Waals surface area contributed by atoms with Crippen molar-refractivity contribution in [2.75, 3.05) is 5.32 Å². The number of benzene rings is 2. The summed E-state index contributed by atoms with van der Waals surface area (Å²) in [5, 5.41) is 5.16. The van der Waals surface area contributed by atoms with Gasteiger partial charge >= 0.3 is 0 Å². The number of hydrogen-bond acceptors (Lipinski definition) is 4. The number of nitrogens with one attached hydrogen (secondary N) is 2. The molecule has 0 bridgehead atoms. The quantitative estimate of drug-likeness (QED) is 0.475. The maximum atomic E-state index is 13.2. The first-order valence-corrected chi connectivity index (χ1v) is 9.29. The lowest BCUT2D eigenvalue weighted by Gasteiger charge is -2.07. The summed E-state index contributed by atoms with van der Waals surface area (Å²) in [7, 11) is 0. The molecule has 134 valence electrons. The van der Waals surface area contributed by atoms with Crippen molar-refractivity contribution in [3.8, 4) is 16.9 Å². The third-order valence-corrected chi connectivity index (χ3v) is 4.95. The van der Waals surface area contributed by atoms with E-state index in [0.717, 1.165) is 11.3 Å². The van der Waals surface area contributed by atoms with Crippen LogP contribution in [-0.2, 0) is 0 Å². The first-order valence-electron chi connectivity index (χ1n) is 8.00. The highest BCUT2D eigenvalue weighted by molar-refractivity contribution is 7.71. The Bertz CT molecular complexity index is 1150. The van der Waals surface area contributed by atoms with Gasteiger partial charge in [-0.3, -0.25) is 14.7 Å². The number of imidazole rings is 1. The average molecular weight is 396 g/mol. The van der Waals surface area contributed by atoms with E-state index in [1.54, 1.807) is 16.7 Å². The fourth-order valence-electron chi connectivity index (χ4n) is 2.62. The van der Waals surface area contributed by atoms with Crippen molar-refractivity contribution in [1.29, 1.82) is 0 Å². The van der Waals surface area contributed by atoms with Crippen LogP contribution in [-0.4, -0.2) is 20.4 Å². The molecule has 2 aromatic heterocycles. The van der Waals surface area contributed by atoms with Gasteiger partial charge in [-0.05, 0) is 36.5 Å². The van der Waals surface area contributed by atoms with Gasteiger partial charge in [-0.15, -0.1) is 11.3 Å². The number of aromatic amines is 1. The normalized spacial score (nSPS) is 10.7. The highest BCUT2D eigenvalue weighted by atomic mass is 32.1. The number of hydrogen-bond donors (Lipinski definition) is 2. The van der Waals surface area contributed by atoms with E-state index in [1.807, 2.05) is 35.7 Å². The molecule has 0 aliphatic carbocycles. The summed E-state index contributed by atoms with van der Waals surface area (Å²) >= 11 is 6.60.